The van der Waals surface area contributed by atoms with Gasteiger partial charge >= 0.3 is 5.97 Å². The van der Waals surface area contributed by atoms with Crippen LogP contribution in [0.4, 0.5) is 0 Å². The van der Waals surface area contributed by atoms with Crippen molar-refractivity contribution < 1.29 is 9.53 Å². The lowest BCUT2D eigenvalue weighted by Crippen LogP contribution is -2.12. The van der Waals surface area contributed by atoms with Crippen LogP contribution in [0.25, 0.3) is 0 Å². The molecule has 0 spiro atoms. The zero-order valence-electron chi connectivity index (χ0n) is 9.40. The highest BCUT2D eigenvalue weighted by Gasteiger charge is 2.06. The summed E-state index contributed by atoms with van der Waals surface area (Å²) in [6.45, 7) is 4.42. The molecule has 0 saturated heterocycles. The summed E-state index contributed by atoms with van der Waals surface area (Å²) >= 11 is 0. The second kappa shape index (κ2) is 6.23. The van der Waals surface area contributed by atoms with Crippen LogP contribution in [0.1, 0.15) is 25.8 Å². The Hall–Kier alpha value is -1.31. The maximum Gasteiger partial charge on any atom is 0.305 e. The predicted molar refractivity (Wildman–Crippen MR) is 60.6 cm³/mol. The predicted octanol–water partition coefficient (Wildman–Crippen LogP) is 2.82. The molecule has 1 rings (SSSR count). The zero-order valence-corrected chi connectivity index (χ0v) is 9.40. The van der Waals surface area contributed by atoms with E-state index in [-0.39, 0.29) is 5.97 Å². The van der Waals surface area contributed by atoms with Gasteiger partial charge in [-0.1, -0.05) is 44.2 Å². The Bertz CT molecular complexity index is 293. The third kappa shape index (κ3) is 4.63. The monoisotopic (exact) mass is 206 g/mol. The van der Waals surface area contributed by atoms with Crippen LogP contribution in [0.3, 0.4) is 0 Å². The van der Waals surface area contributed by atoms with Crippen LogP contribution in [0.2, 0.25) is 0 Å². The van der Waals surface area contributed by atoms with Crippen LogP contribution in [0, 0.1) is 5.92 Å². The lowest BCUT2D eigenvalue weighted by atomic mass is 10.0. The molecule has 0 aliphatic heterocycles. The third-order valence-corrected chi connectivity index (χ3v) is 2.24. The minimum absolute atomic E-state index is 0.116. The molecular weight excluding hydrogens is 188 g/mol. The fourth-order valence-corrected chi connectivity index (χ4v) is 1.41. The first kappa shape index (κ1) is 11.8. The van der Waals surface area contributed by atoms with E-state index < -0.39 is 0 Å². The molecule has 0 unspecified atom stereocenters. The van der Waals surface area contributed by atoms with Crippen LogP contribution >= 0.6 is 0 Å². The second-order valence-corrected chi connectivity index (χ2v) is 3.83. The number of benzene rings is 1. The van der Waals surface area contributed by atoms with E-state index in [1.165, 1.54) is 5.56 Å². The average molecular weight is 206 g/mol. The summed E-state index contributed by atoms with van der Waals surface area (Å²) in [6.07, 6.45) is 1.41. The average Bonchev–Trinajstić information content (AvgIpc) is 2.27. The third-order valence-electron chi connectivity index (χ3n) is 2.24. The topological polar surface area (TPSA) is 26.3 Å². The fraction of sp³-hybridized carbons (Fsp3) is 0.462. The summed E-state index contributed by atoms with van der Waals surface area (Å²) in [5.74, 6) is 0.262. The summed E-state index contributed by atoms with van der Waals surface area (Å²) in [4.78, 5) is 10.9. The lowest BCUT2D eigenvalue weighted by Gasteiger charge is -2.11. The first-order valence-electron chi connectivity index (χ1n) is 5.42. The number of esters is 1. The molecule has 0 amide bonds. The van der Waals surface area contributed by atoms with Gasteiger partial charge in [0.1, 0.15) is 0 Å². The summed E-state index contributed by atoms with van der Waals surface area (Å²) in [5.41, 5.74) is 1.29. The fourth-order valence-electron chi connectivity index (χ4n) is 1.41. The van der Waals surface area contributed by atoms with Gasteiger partial charge in [0.2, 0.25) is 0 Å². The number of hydrogen-bond acceptors (Lipinski definition) is 2. The molecule has 0 saturated carbocycles. The SMILES string of the molecule is CCC(=O)OC[C@@H](C)Cc1ccccc1. The van der Waals surface area contributed by atoms with E-state index in [2.05, 4.69) is 19.1 Å². The summed E-state index contributed by atoms with van der Waals surface area (Å²) in [6, 6.07) is 10.3. The maximum absolute atomic E-state index is 10.9. The Labute approximate surface area is 91.3 Å². The molecule has 0 aromatic heterocycles. The van der Waals surface area contributed by atoms with Gasteiger partial charge in [0.25, 0.3) is 0 Å². The van der Waals surface area contributed by atoms with Crippen molar-refractivity contribution in [3.8, 4) is 0 Å². The Balaban J connectivity index is 2.30. The first-order chi connectivity index (χ1) is 7.22. The van der Waals surface area contributed by atoms with Crippen molar-refractivity contribution in [2.45, 2.75) is 26.7 Å². The Morgan fingerprint density at radius 1 is 1.33 bits per heavy atom. The van der Waals surface area contributed by atoms with E-state index >= 15 is 0 Å². The molecule has 1 aromatic rings. The van der Waals surface area contributed by atoms with Crippen LogP contribution in [0.5, 0.6) is 0 Å². The normalized spacial score (nSPS) is 12.1. The van der Waals surface area contributed by atoms with Gasteiger partial charge in [0.15, 0.2) is 0 Å². The molecule has 0 radical (unpaired) electrons. The molecule has 1 aromatic carbocycles. The molecule has 0 aliphatic rings. The molecular formula is C13H18O2. The van der Waals surface area contributed by atoms with Gasteiger partial charge in [-0.05, 0) is 17.9 Å². The smallest absolute Gasteiger partial charge is 0.305 e. The lowest BCUT2D eigenvalue weighted by molar-refractivity contribution is -0.144. The molecule has 15 heavy (non-hydrogen) atoms. The maximum atomic E-state index is 10.9. The zero-order chi connectivity index (χ0) is 11.1. The molecule has 1 atom stereocenters. The van der Waals surface area contributed by atoms with Crippen molar-refractivity contribution in [2.24, 2.45) is 5.92 Å². The van der Waals surface area contributed by atoms with E-state index in [0.717, 1.165) is 6.42 Å². The second-order valence-electron chi connectivity index (χ2n) is 3.83. The van der Waals surface area contributed by atoms with E-state index in [0.29, 0.717) is 18.9 Å². The molecule has 0 N–H and O–H groups in total. The quantitative estimate of drug-likeness (QED) is 0.692. The van der Waals surface area contributed by atoms with Crippen LogP contribution < -0.4 is 0 Å². The number of carbonyl (C=O) groups excluding carboxylic acids is 1. The Kier molecular flexibility index (Phi) is 4.88. The highest BCUT2D eigenvalue weighted by Crippen LogP contribution is 2.08. The largest absolute Gasteiger partial charge is 0.465 e. The minimum atomic E-state index is -0.116. The van der Waals surface area contributed by atoms with Crippen molar-refractivity contribution in [3.05, 3.63) is 35.9 Å². The van der Waals surface area contributed by atoms with Crippen molar-refractivity contribution in [1.82, 2.24) is 0 Å². The first-order valence-corrected chi connectivity index (χ1v) is 5.42. The van der Waals surface area contributed by atoms with Crippen LogP contribution in [0.15, 0.2) is 30.3 Å². The minimum Gasteiger partial charge on any atom is -0.465 e. The van der Waals surface area contributed by atoms with Gasteiger partial charge < -0.3 is 4.74 Å². The molecule has 2 nitrogen and oxygen atoms in total. The van der Waals surface area contributed by atoms with Crippen molar-refractivity contribution in [3.63, 3.8) is 0 Å². The molecule has 82 valence electrons. The summed E-state index contributed by atoms with van der Waals surface area (Å²) in [5, 5.41) is 0. The van der Waals surface area contributed by atoms with Gasteiger partial charge in [-0.15, -0.1) is 0 Å². The van der Waals surface area contributed by atoms with Gasteiger partial charge in [-0.2, -0.15) is 0 Å². The van der Waals surface area contributed by atoms with E-state index in [9.17, 15) is 4.79 Å². The van der Waals surface area contributed by atoms with Crippen LogP contribution in [-0.2, 0) is 16.0 Å². The van der Waals surface area contributed by atoms with Crippen molar-refractivity contribution in [2.75, 3.05) is 6.61 Å². The number of ether oxygens (including phenoxy) is 1. The Morgan fingerprint density at radius 3 is 2.60 bits per heavy atom. The highest BCUT2D eigenvalue weighted by atomic mass is 16.5. The molecule has 2 heteroatoms. The van der Waals surface area contributed by atoms with Gasteiger partial charge in [-0.25, -0.2) is 0 Å². The van der Waals surface area contributed by atoms with Gasteiger partial charge in [0.05, 0.1) is 6.61 Å². The van der Waals surface area contributed by atoms with Crippen LogP contribution in [-0.4, -0.2) is 12.6 Å². The number of carbonyl (C=O) groups is 1. The summed E-state index contributed by atoms with van der Waals surface area (Å²) < 4.78 is 5.09. The van der Waals surface area contributed by atoms with Gasteiger partial charge in [0, 0.05) is 6.42 Å². The Morgan fingerprint density at radius 2 is 2.00 bits per heavy atom. The molecule has 0 heterocycles. The molecule has 0 fully saturated rings. The molecule has 0 aliphatic carbocycles. The highest BCUT2D eigenvalue weighted by molar-refractivity contribution is 5.68. The standard InChI is InChI=1S/C13H18O2/c1-3-13(14)15-10-11(2)9-12-7-5-4-6-8-12/h4-8,11H,3,9-10H2,1-2H3/t11-/m0/s1. The molecule has 0 bridgehead atoms. The van der Waals surface area contributed by atoms with Crippen molar-refractivity contribution in [1.29, 1.82) is 0 Å². The van der Waals surface area contributed by atoms with Gasteiger partial charge in [-0.3, -0.25) is 4.79 Å². The van der Waals surface area contributed by atoms with E-state index in [1.807, 2.05) is 25.1 Å². The summed E-state index contributed by atoms with van der Waals surface area (Å²) in [7, 11) is 0. The number of hydrogen-bond donors (Lipinski definition) is 0. The number of rotatable bonds is 5. The van der Waals surface area contributed by atoms with Crippen molar-refractivity contribution >= 4 is 5.97 Å². The van der Waals surface area contributed by atoms with E-state index in [4.69, 9.17) is 4.74 Å². The van der Waals surface area contributed by atoms with E-state index in [1.54, 1.807) is 0 Å².